The number of carbonyl (C=O) groups is 1. The first kappa shape index (κ1) is 24.6. The number of nitrogens with zero attached hydrogens (tertiary/aromatic N) is 4. The molecule has 0 aliphatic carbocycles. The largest absolute Gasteiger partial charge is 0.494 e. The van der Waals surface area contributed by atoms with Gasteiger partial charge in [0.1, 0.15) is 10.6 Å². The number of piperidine rings is 1. The first-order valence-corrected chi connectivity index (χ1v) is 14.0. The highest BCUT2D eigenvalue weighted by Crippen LogP contribution is 2.39. The van der Waals surface area contributed by atoms with Crippen molar-refractivity contribution in [2.24, 2.45) is 5.73 Å². The summed E-state index contributed by atoms with van der Waals surface area (Å²) in [5.74, 6) is 0.698. The van der Waals surface area contributed by atoms with E-state index in [0.717, 1.165) is 46.4 Å². The Bertz CT molecular complexity index is 1440. The number of primary amides is 1. The van der Waals surface area contributed by atoms with Crippen molar-refractivity contribution in [2.45, 2.75) is 31.7 Å². The van der Waals surface area contributed by atoms with E-state index in [1.807, 2.05) is 36.4 Å². The van der Waals surface area contributed by atoms with Gasteiger partial charge in [-0.2, -0.15) is 0 Å². The molecule has 0 bridgehead atoms. The highest BCUT2D eigenvalue weighted by molar-refractivity contribution is 7.21. The molecule has 0 spiro atoms. The predicted octanol–water partition coefficient (Wildman–Crippen LogP) is 5.27. The van der Waals surface area contributed by atoms with Crippen molar-refractivity contribution in [1.82, 2.24) is 14.9 Å². The highest BCUT2D eigenvalue weighted by Gasteiger charge is 2.27. The molecule has 2 aromatic heterocycles. The summed E-state index contributed by atoms with van der Waals surface area (Å²) in [6.07, 6.45) is 6.82. The van der Waals surface area contributed by atoms with Crippen LogP contribution in [0.1, 0.15) is 35.4 Å². The fraction of sp³-hybridized carbons (Fsp3) is 0.345. The molecular weight excluding hydrogens is 496 g/mol. The summed E-state index contributed by atoms with van der Waals surface area (Å²) in [6, 6.07) is 16.7. The van der Waals surface area contributed by atoms with Crippen LogP contribution >= 0.6 is 11.3 Å². The summed E-state index contributed by atoms with van der Waals surface area (Å²) < 4.78 is 6.56. The standard InChI is InChI=1S/C29H32N6O2S/c1-37-23-17-21(35-15-11-20(12-16-35)34-13-5-6-14-34)9-10-22(23)32-29-31-18-24-26(33-29)25(27(38-24)28(30)36)19-7-3-2-4-8-19/h2-4,7-10,17-18,20H,5-6,11-16H2,1H3,(H2,30,36)(H,31,32,33). The third kappa shape index (κ3) is 4.79. The van der Waals surface area contributed by atoms with Crippen molar-refractivity contribution in [3.63, 3.8) is 0 Å². The maximum absolute atomic E-state index is 12.2. The van der Waals surface area contributed by atoms with Crippen molar-refractivity contribution >= 4 is 44.8 Å². The van der Waals surface area contributed by atoms with E-state index in [1.165, 1.54) is 55.8 Å². The normalized spacial score (nSPS) is 16.7. The molecule has 2 aromatic carbocycles. The molecule has 0 saturated carbocycles. The van der Waals surface area contributed by atoms with E-state index in [0.29, 0.717) is 16.3 Å². The van der Waals surface area contributed by atoms with E-state index in [4.69, 9.17) is 15.5 Å². The number of aromatic nitrogens is 2. The van der Waals surface area contributed by atoms with Crippen LogP contribution in [0, 0.1) is 0 Å². The molecule has 0 unspecified atom stereocenters. The number of fused-ring (bicyclic) bond motifs is 1. The number of thiophene rings is 1. The first-order chi connectivity index (χ1) is 18.6. The van der Waals surface area contributed by atoms with E-state index in [-0.39, 0.29) is 0 Å². The highest BCUT2D eigenvalue weighted by atomic mass is 32.1. The van der Waals surface area contributed by atoms with Gasteiger partial charge in [0.25, 0.3) is 5.91 Å². The van der Waals surface area contributed by atoms with Gasteiger partial charge >= 0.3 is 0 Å². The molecule has 0 atom stereocenters. The van der Waals surface area contributed by atoms with Crippen LogP contribution in [0.3, 0.4) is 0 Å². The van der Waals surface area contributed by atoms with Gasteiger partial charge in [0.2, 0.25) is 5.95 Å². The van der Waals surface area contributed by atoms with E-state index < -0.39 is 5.91 Å². The number of rotatable bonds is 7. The number of nitrogens with one attached hydrogen (secondary N) is 1. The van der Waals surface area contributed by atoms with Crippen LogP contribution in [0.25, 0.3) is 21.3 Å². The quantitative estimate of drug-likeness (QED) is 0.337. The van der Waals surface area contributed by atoms with Gasteiger partial charge in [-0.25, -0.2) is 9.97 Å². The summed E-state index contributed by atoms with van der Waals surface area (Å²) in [5, 5.41) is 3.32. The fourth-order valence-electron chi connectivity index (χ4n) is 5.70. The average molecular weight is 529 g/mol. The minimum atomic E-state index is -0.469. The maximum Gasteiger partial charge on any atom is 0.259 e. The second-order valence-corrected chi connectivity index (χ2v) is 11.0. The molecule has 2 fully saturated rings. The van der Waals surface area contributed by atoms with Gasteiger partial charge in [-0.05, 0) is 56.5 Å². The number of anilines is 3. The van der Waals surface area contributed by atoms with Crippen LogP contribution in [-0.4, -0.2) is 60.1 Å². The molecule has 2 aliphatic heterocycles. The van der Waals surface area contributed by atoms with E-state index in [2.05, 4.69) is 32.2 Å². The zero-order valence-electron chi connectivity index (χ0n) is 21.5. The number of hydrogen-bond donors (Lipinski definition) is 2. The smallest absolute Gasteiger partial charge is 0.259 e. The van der Waals surface area contributed by atoms with E-state index in [1.54, 1.807) is 13.3 Å². The summed E-state index contributed by atoms with van der Waals surface area (Å²) in [6.45, 7) is 4.63. The minimum Gasteiger partial charge on any atom is -0.494 e. The monoisotopic (exact) mass is 528 g/mol. The minimum absolute atomic E-state index is 0.431. The summed E-state index contributed by atoms with van der Waals surface area (Å²) in [7, 11) is 1.68. The van der Waals surface area contributed by atoms with Crippen LogP contribution in [-0.2, 0) is 0 Å². The number of likely N-dealkylation sites (tertiary alicyclic amines) is 1. The van der Waals surface area contributed by atoms with Crippen molar-refractivity contribution in [3.8, 4) is 16.9 Å². The second-order valence-electron chi connectivity index (χ2n) is 9.91. The third-order valence-electron chi connectivity index (χ3n) is 7.64. The Morgan fingerprint density at radius 2 is 1.84 bits per heavy atom. The lowest BCUT2D eigenvalue weighted by Crippen LogP contribution is -2.43. The lowest BCUT2D eigenvalue weighted by atomic mass is 10.0. The Labute approximate surface area is 226 Å². The number of hydrogen-bond acceptors (Lipinski definition) is 8. The maximum atomic E-state index is 12.2. The molecule has 0 radical (unpaired) electrons. The lowest BCUT2D eigenvalue weighted by molar-refractivity contribution is 0.100. The topological polar surface area (TPSA) is 96.6 Å². The Morgan fingerprint density at radius 3 is 2.55 bits per heavy atom. The molecule has 6 rings (SSSR count). The zero-order valence-corrected chi connectivity index (χ0v) is 22.3. The molecule has 4 heterocycles. The number of ether oxygens (including phenoxy) is 1. The first-order valence-electron chi connectivity index (χ1n) is 13.2. The summed E-state index contributed by atoms with van der Waals surface area (Å²) in [4.78, 5) is 27.1. The predicted molar refractivity (Wildman–Crippen MR) is 154 cm³/mol. The molecule has 2 saturated heterocycles. The fourth-order valence-corrected chi connectivity index (χ4v) is 6.68. The van der Waals surface area contributed by atoms with Crippen LogP contribution in [0.2, 0.25) is 0 Å². The third-order valence-corrected chi connectivity index (χ3v) is 8.76. The zero-order chi connectivity index (χ0) is 26.1. The van der Waals surface area contributed by atoms with Crippen molar-refractivity contribution in [3.05, 3.63) is 59.6 Å². The second kappa shape index (κ2) is 10.6. The van der Waals surface area contributed by atoms with Gasteiger partial charge < -0.3 is 25.6 Å². The van der Waals surface area contributed by atoms with Crippen molar-refractivity contribution in [1.29, 1.82) is 0 Å². The summed E-state index contributed by atoms with van der Waals surface area (Å²) in [5.41, 5.74) is 10.0. The Kier molecular flexibility index (Phi) is 6.86. The van der Waals surface area contributed by atoms with E-state index >= 15 is 0 Å². The Morgan fingerprint density at radius 1 is 1.08 bits per heavy atom. The molecule has 9 heteroatoms. The van der Waals surface area contributed by atoms with E-state index in [9.17, 15) is 4.79 Å². The van der Waals surface area contributed by atoms with Crippen LogP contribution < -0.4 is 20.7 Å². The molecule has 4 aromatic rings. The number of nitrogens with two attached hydrogens (primary N) is 1. The molecule has 8 nitrogen and oxygen atoms in total. The molecule has 3 N–H and O–H groups in total. The van der Waals surface area contributed by atoms with Crippen LogP contribution in [0.4, 0.5) is 17.3 Å². The van der Waals surface area contributed by atoms with Gasteiger partial charge in [-0.15, -0.1) is 11.3 Å². The molecule has 2 aliphatic rings. The molecular formula is C29H32N6O2S. The average Bonchev–Trinajstić information content (AvgIpc) is 3.62. The SMILES string of the molecule is COc1cc(N2CCC(N3CCCC3)CC2)ccc1Nc1ncc2sc(C(N)=O)c(-c3ccccc3)c2n1. The number of methoxy groups -OCH3 is 1. The Balaban J connectivity index is 1.24. The molecule has 196 valence electrons. The van der Waals surface area contributed by atoms with Gasteiger partial charge in [0.15, 0.2) is 0 Å². The van der Waals surface area contributed by atoms with Crippen molar-refractivity contribution < 1.29 is 9.53 Å². The van der Waals surface area contributed by atoms with Gasteiger partial charge in [-0.1, -0.05) is 30.3 Å². The van der Waals surface area contributed by atoms with Gasteiger partial charge in [-0.3, -0.25) is 4.79 Å². The number of benzene rings is 2. The van der Waals surface area contributed by atoms with Crippen LogP contribution in [0.5, 0.6) is 5.75 Å². The van der Waals surface area contributed by atoms with Crippen molar-refractivity contribution in [2.75, 3.05) is 43.5 Å². The Hall–Kier alpha value is -3.69. The number of amides is 1. The number of carbonyl (C=O) groups excluding carboxylic acids is 1. The van der Waals surface area contributed by atoms with Crippen LogP contribution in [0.15, 0.2) is 54.7 Å². The van der Waals surface area contributed by atoms with Gasteiger partial charge in [0, 0.05) is 36.4 Å². The molecule has 1 amide bonds. The molecule has 38 heavy (non-hydrogen) atoms. The summed E-state index contributed by atoms with van der Waals surface area (Å²) >= 11 is 1.31. The van der Waals surface area contributed by atoms with Gasteiger partial charge in [0.05, 0.1) is 29.2 Å². The lowest BCUT2D eigenvalue weighted by Gasteiger charge is -2.38.